The van der Waals surface area contributed by atoms with E-state index in [0.29, 0.717) is 12.3 Å². The molecule has 1 fully saturated rings. The summed E-state index contributed by atoms with van der Waals surface area (Å²) >= 11 is 1.89. The number of benzene rings is 1. The maximum absolute atomic E-state index is 12.2. The van der Waals surface area contributed by atoms with Gasteiger partial charge in [-0.2, -0.15) is 11.8 Å². The molecular weight excluding hydrogens is 298 g/mol. The maximum Gasteiger partial charge on any atom is 0.226 e. The Labute approximate surface area is 133 Å². The van der Waals surface area contributed by atoms with Gasteiger partial charge < -0.3 is 15.1 Å². The third-order valence-corrected chi connectivity index (χ3v) is 4.75. The summed E-state index contributed by atoms with van der Waals surface area (Å²) in [7, 11) is 0. The largest absolute Gasteiger partial charge is 0.445 e. The smallest absolute Gasteiger partial charge is 0.226 e. The fraction of sp³-hybridized carbons (Fsp3) is 0.375. The van der Waals surface area contributed by atoms with Crippen molar-refractivity contribution in [1.82, 2.24) is 10.3 Å². The third-order valence-electron chi connectivity index (χ3n) is 3.61. The quantitative estimate of drug-likeness (QED) is 0.907. The molecule has 116 valence electrons. The number of nitrogens with zero attached hydrogens (tertiary/aromatic N) is 1. The number of carbonyl (C=O) groups excluding carboxylic acids is 1. The van der Waals surface area contributed by atoms with Crippen LogP contribution < -0.4 is 10.6 Å². The van der Waals surface area contributed by atoms with Crippen molar-refractivity contribution < 1.29 is 9.21 Å². The van der Waals surface area contributed by atoms with Gasteiger partial charge in [0.1, 0.15) is 6.26 Å². The number of hydrogen-bond acceptors (Lipinski definition) is 5. The number of carbonyl (C=O) groups is 1. The van der Waals surface area contributed by atoms with Gasteiger partial charge in [-0.25, -0.2) is 4.98 Å². The van der Waals surface area contributed by atoms with E-state index in [1.807, 2.05) is 36.9 Å². The van der Waals surface area contributed by atoms with Crippen molar-refractivity contribution >= 4 is 23.4 Å². The van der Waals surface area contributed by atoms with E-state index in [1.165, 1.54) is 0 Å². The molecule has 1 amide bonds. The average Bonchev–Trinajstić information content (AvgIpc) is 3.04. The number of oxazole rings is 1. The molecule has 22 heavy (non-hydrogen) atoms. The molecule has 5 nitrogen and oxygen atoms in total. The van der Waals surface area contributed by atoms with Gasteiger partial charge in [0, 0.05) is 41.8 Å². The van der Waals surface area contributed by atoms with Crippen molar-refractivity contribution in [3.8, 4) is 11.5 Å². The van der Waals surface area contributed by atoms with Crippen LogP contribution >= 0.6 is 11.8 Å². The van der Waals surface area contributed by atoms with E-state index in [2.05, 4.69) is 15.6 Å². The lowest BCUT2D eigenvalue weighted by molar-refractivity contribution is -0.116. The molecule has 1 aliphatic rings. The van der Waals surface area contributed by atoms with E-state index < -0.39 is 0 Å². The van der Waals surface area contributed by atoms with Crippen LogP contribution in [-0.4, -0.2) is 35.0 Å². The summed E-state index contributed by atoms with van der Waals surface area (Å²) in [5.74, 6) is 2.71. The first-order valence-electron chi connectivity index (χ1n) is 7.34. The molecule has 2 N–H and O–H groups in total. The maximum atomic E-state index is 12.2. The molecule has 0 spiro atoms. The molecule has 2 aromatic rings. The molecule has 0 saturated carbocycles. The first kappa shape index (κ1) is 15.1. The Hall–Kier alpha value is -1.79. The van der Waals surface area contributed by atoms with Crippen molar-refractivity contribution in [2.24, 2.45) is 0 Å². The van der Waals surface area contributed by atoms with Crippen LogP contribution in [0.1, 0.15) is 12.0 Å². The van der Waals surface area contributed by atoms with Crippen LogP contribution in [0, 0.1) is 6.92 Å². The monoisotopic (exact) mass is 317 g/mol. The second-order valence-electron chi connectivity index (χ2n) is 5.35. The first-order valence-corrected chi connectivity index (χ1v) is 8.49. The Morgan fingerprint density at radius 2 is 2.45 bits per heavy atom. The van der Waals surface area contributed by atoms with Crippen LogP contribution in [0.2, 0.25) is 0 Å². The molecule has 0 radical (unpaired) electrons. The molecule has 1 aromatic carbocycles. The standard InChI is InChI=1S/C16H19N3O2S/c1-11-2-3-12(8-14(11)16-18-4-6-21-16)19-15(20)9-13-10-22-7-5-17-13/h2-4,6,8,13,17H,5,7,9-10H2,1H3,(H,19,20). The minimum absolute atomic E-state index is 0.0298. The lowest BCUT2D eigenvalue weighted by Gasteiger charge is -2.22. The number of aromatic nitrogens is 1. The highest BCUT2D eigenvalue weighted by Crippen LogP contribution is 2.25. The van der Waals surface area contributed by atoms with E-state index in [0.717, 1.165) is 34.9 Å². The molecule has 0 bridgehead atoms. The van der Waals surface area contributed by atoms with Crippen LogP contribution in [0.3, 0.4) is 0 Å². The molecular formula is C16H19N3O2S. The predicted molar refractivity (Wildman–Crippen MR) is 89.0 cm³/mol. The predicted octanol–water partition coefficient (Wildman–Crippen LogP) is 2.68. The molecule has 3 rings (SSSR count). The zero-order valence-corrected chi connectivity index (χ0v) is 13.3. The summed E-state index contributed by atoms with van der Waals surface area (Å²) in [5.41, 5.74) is 2.73. The van der Waals surface area contributed by atoms with Crippen molar-refractivity contribution in [2.45, 2.75) is 19.4 Å². The number of hydrogen-bond donors (Lipinski definition) is 2. The number of thioether (sulfide) groups is 1. The van der Waals surface area contributed by atoms with Gasteiger partial charge in [-0.15, -0.1) is 0 Å². The molecule has 0 aliphatic carbocycles. The number of nitrogens with one attached hydrogen (secondary N) is 2. The molecule has 1 unspecified atom stereocenters. The van der Waals surface area contributed by atoms with E-state index in [4.69, 9.17) is 4.42 Å². The lowest BCUT2D eigenvalue weighted by atomic mass is 10.1. The number of rotatable bonds is 4. The summed E-state index contributed by atoms with van der Waals surface area (Å²) in [6.45, 7) is 2.97. The fourth-order valence-electron chi connectivity index (χ4n) is 2.47. The highest BCUT2D eigenvalue weighted by atomic mass is 32.2. The van der Waals surface area contributed by atoms with Crippen molar-refractivity contribution in [3.05, 3.63) is 36.2 Å². The summed E-state index contributed by atoms with van der Waals surface area (Å²) in [6.07, 6.45) is 3.66. The van der Waals surface area contributed by atoms with Crippen LogP contribution in [0.25, 0.3) is 11.5 Å². The Morgan fingerprint density at radius 3 is 3.18 bits per heavy atom. The molecule has 1 atom stereocenters. The van der Waals surface area contributed by atoms with E-state index >= 15 is 0 Å². The van der Waals surface area contributed by atoms with E-state index in [1.54, 1.807) is 12.5 Å². The van der Waals surface area contributed by atoms with Gasteiger partial charge in [0.05, 0.1) is 6.20 Å². The molecule has 1 aliphatic heterocycles. The van der Waals surface area contributed by atoms with Crippen LogP contribution in [0.15, 0.2) is 35.1 Å². The zero-order chi connectivity index (χ0) is 15.4. The van der Waals surface area contributed by atoms with Crippen molar-refractivity contribution in [1.29, 1.82) is 0 Å². The zero-order valence-electron chi connectivity index (χ0n) is 12.5. The van der Waals surface area contributed by atoms with Crippen LogP contribution in [0.4, 0.5) is 5.69 Å². The van der Waals surface area contributed by atoms with Gasteiger partial charge in [-0.3, -0.25) is 4.79 Å². The Kier molecular flexibility index (Phi) is 4.80. The Bertz CT molecular complexity index is 637. The van der Waals surface area contributed by atoms with E-state index in [9.17, 15) is 4.79 Å². The fourth-order valence-corrected chi connectivity index (χ4v) is 3.42. The van der Waals surface area contributed by atoms with Crippen molar-refractivity contribution in [2.75, 3.05) is 23.4 Å². The number of aryl methyl sites for hydroxylation is 1. The molecule has 1 saturated heterocycles. The van der Waals surface area contributed by atoms with Gasteiger partial charge in [0.25, 0.3) is 0 Å². The Balaban J connectivity index is 1.67. The third kappa shape index (κ3) is 3.69. The molecule has 2 heterocycles. The minimum atomic E-state index is 0.0298. The average molecular weight is 317 g/mol. The highest BCUT2D eigenvalue weighted by Gasteiger charge is 2.17. The van der Waals surface area contributed by atoms with Gasteiger partial charge in [-0.1, -0.05) is 6.07 Å². The van der Waals surface area contributed by atoms with E-state index in [-0.39, 0.29) is 11.9 Å². The summed E-state index contributed by atoms with van der Waals surface area (Å²) in [5, 5.41) is 6.33. The second-order valence-corrected chi connectivity index (χ2v) is 6.50. The minimum Gasteiger partial charge on any atom is -0.445 e. The number of anilines is 1. The van der Waals surface area contributed by atoms with Crippen LogP contribution in [-0.2, 0) is 4.79 Å². The summed E-state index contributed by atoms with van der Waals surface area (Å²) in [6, 6.07) is 6.03. The lowest BCUT2D eigenvalue weighted by Crippen LogP contribution is -2.39. The highest BCUT2D eigenvalue weighted by molar-refractivity contribution is 7.99. The molecule has 1 aromatic heterocycles. The van der Waals surface area contributed by atoms with Gasteiger partial charge in [0.15, 0.2) is 0 Å². The van der Waals surface area contributed by atoms with Gasteiger partial charge in [-0.05, 0) is 24.6 Å². The SMILES string of the molecule is Cc1ccc(NC(=O)CC2CSCCN2)cc1-c1ncco1. The first-order chi connectivity index (χ1) is 10.7. The normalized spacial score (nSPS) is 18.1. The van der Waals surface area contributed by atoms with Crippen molar-refractivity contribution in [3.63, 3.8) is 0 Å². The van der Waals surface area contributed by atoms with Gasteiger partial charge in [0.2, 0.25) is 11.8 Å². The summed E-state index contributed by atoms with van der Waals surface area (Å²) < 4.78 is 5.35. The van der Waals surface area contributed by atoms with Gasteiger partial charge >= 0.3 is 0 Å². The topological polar surface area (TPSA) is 67.2 Å². The second kappa shape index (κ2) is 6.98. The van der Waals surface area contributed by atoms with Crippen LogP contribution in [0.5, 0.6) is 0 Å². The molecule has 6 heteroatoms. The number of amides is 1. The Morgan fingerprint density at radius 1 is 1.55 bits per heavy atom. The summed E-state index contributed by atoms with van der Waals surface area (Å²) in [4.78, 5) is 16.3.